The highest BCUT2D eigenvalue weighted by Crippen LogP contribution is 2.35. The van der Waals surface area contributed by atoms with Crippen LogP contribution in [0.1, 0.15) is 49.9 Å². The number of rotatable bonds is 6. The lowest BCUT2D eigenvalue weighted by atomic mass is 9.90. The van der Waals surface area contributed by atoms with Crippen LogP contribution in [0.15, 0.2) is 6.20 Å². The smallest absolute Gasteiger partial charge is 0.128 e. The first-order valence-electron chi connectivity index (χ1n) is 8.30. The topological polar surface area (TPSA) is 34.2 Å². The molecule has 1 aromatic heterocycles. The fourth-order valence-electron chi connectivity index (χ4n) is 3.68. The molecule has 3 heteroatoms. The van der Waals surface area contributed by atoms with E-state index in [9.17, 15) is 0 Å². The van der Waals surface area contributed by atoms with E-state index in [4.69, 9.17) is 4.74 Å². The van der Waals surface area contributed by atoms with Gasteiger partial charge in [-0.05, 0) is 57.9 Å². The molecule has 1 N–H and O–H groups in total. The van der Waals surface area contributed by atoms with Gasteiger partial charge in [0.05, 0.1) is 7.11 Å². The molecule has 21 heavy (non-hydrogen) atoms. The molecule has 118 valence electrons. The molecule has 3 nitrogen and oxygen atoms in total. The molecule has 0 aliphatic heterocycles. The van der Waals surface area contributed by atoms with Crippen LogP contribution in [0.3, 0.4) is 0 Å². The van der Waals surface area contributed by atoms with Crippen LogP contribution in [0.5, 0.6) is 5.75 Å². The molecule has 0 amide bonds. The second kappa shape index (κ2) is 7.26. The number of hydrogen-bond donors (Lipinski definition) is 1. The average molecular weight is 290 g/mol. The summed E-state index contributed by atoms with van der Waals surface area (Å²) in [5, 5.41) is 3.70. The van der Waals surface area contributed by atoms with Gasteiger partial charge in [-0.3, -0.25) is 4.98 Å². The van der Waals surface area contributed by atoms with Crippen LogP contribution < -0.4 is 10.1 Å². The van der Waals surface area contributed by atoms with Gasteiger partial charge < -0.3 is 10.1 Å². The summed E-state index contributed by atoms with van der Waals surface area (Å²) in [4.78, 5) is 4.67. The van der Waals surface area contributed by atoms with Gasteiger partial charge in [0.15, 0.2) is 0 Å². The highest BCUT2D eigenvalue weighted by atomic mass is 16.5. The van der Waals surface area contributed by atoms with Crippen molar-refractivity contribution in [2.75, 3.05) is 13.7 Å². The van der Waals surface area contributed by atoms with Crippen LogP contribution in [0.2, 0.25) is 0 Å². The van der Waals surface area contributed by atoms with Gasteiger partial charge in [0.1, 0.15) is 5.75 Å². The molecule has 0 aromatic carbocycles. The molecule has 1 aliphatic rings. The fraction of sp³-hybridized carbons (Fsp3) is 0.722. The van der Waals surface area contributed by atoms with Crippen LogP contribution >= 0.6 is 0 Å². The molecule has 1 aromatic rings. The maximum atomic E-state index is 5.53. The summed E-state index contributed by atoms with van der Waals surface area (Å²) in [6.45, 7) is 9.96. The van der Waals surface area contributed by atoms with E-state index in [0.717, 1.165) is 36.1 Å². The molecule has 0 spiro atoms. The van der Waals surface area contributed by atoms with E-state index in [0.29, 0.717) is 6.04 Å². The van der Waals surface area contributed by atoms with E-state index >= 15 is 0 Å². The third kappa shape index (κ3) is 3.57. The SMILES string of the molecule is CCCNC1CCC(Cc2ncc(C)c(OC)c2C)C1C. The molecule has 2 rings (SSSR count). The van der Waals surface area contributed by atoms with Crippen LogP contribution in [0.25, 0.3) is 0 Å². The molecular formula is C18H30N2O. The Morgan fingerprint density at radius 3 is 2.76 bits per heavy atom. The number of aryl methyl sites for hydroxylation is 1. The summed E-state index contributed by atoms with van der Waals surface area (Å²) in [7, 11) is 1.75. The van der Waals surface area contributed by atoms with Gasteiger partial charge in [-0.25, -0.2) is 0 Å². The Morgan fingerprint density at radius 1 is 1.33 bits per heavy atom. The standard InChI is InChI=1S/C18H30N2O/c1-6-9-19-16-8-7-15(13(16)3)10-17-14(4)18(21-5)12(2)11-20-17/h11,13,15-16,19H,6-10H2,1-5H3. The van der Waals surface area contributed by atoms with Crippen LogP contribution in [-0.4, -0.2) is 24.7 Å². The zero-order chi connectivity index (χ0) is 15.4. The molecule has 1 saturated carbocycles. The Hall–Kier alpha value is -1.09. The van der Waals surface area contributed by atoms with Gasteiger partial charge in [-0.15, -0.1) is 0 Å². The number of pyridine rings is 1. The van der Waals surface area contributed by atoms with Gasteiger partial charge in [-0.2, -0.15) is 0 Å². The normalized spacial score (nSPS) is 25.3. The number of hydrogen-bond acceptors (Lipinski definition) is 3. The van der Waals surface area contributed by atoms with Gasteiger partial charge in [0, 0.05) is 29.1 Å². The molecule has 0 radical (unpaired) electrons. The lowest BCUT2D eigenvalue weighted by Gasteiger charge is -2.22. The second-order valence-electron chi connectivity index (χ2n) is 6.51. The molecule has 3 unspecified atom stereocenters. The third-order valence-electron chi connectivity index (χ3n) is 5.09. The van der Waals surface area contributed by atoms with Crippen molar-refractivity contribution in [2.45, 2.75) is 59.4 Å². The number of aromatic nitrogens is 1. The van der Waals surface area contributed by atoms with Crippen LogP contribution in [0.4, 0.5) is 0 Å². The predicted molar refractivity (Wildman–Crippen MR) is 87.9 cm³/mol. The van der Waals surface area contributed by atoms with Crippen molar-refractivity contribution in [3.05, 3.63) is 23.0 Å². The molecule has 0 saturated heterocycles. The van der Waals surface area contributed by atoms with E-state index in [-0.39, 0.29) is 0 Å². The zero-order valence-electron chi connectivity index (χ0n) is 14.2. The minimum absolute atomic E-state index is 0.683. The van der Waals surface area contributed by atoms with Gasteiger partial charge in [0.25, 0.3) is 0 Å². The fourth-order valence-corrected chi connectivity index (χ4v) is 3.68. The van der Waals surface area contributed by atoms with Crippen molar-refractivity contribution in [1.82, 2.24) is 10.3 Å². The first-order valence-corrected chi connectivity index (χ1v) is 8.30. The first-order chi connectivity index (χ1) is 10.1. The molecule has 1 aliphatic carbocycles. The Kier molecular flexibility index (Phi) is 5.63. The largest absolute Gasteiger partial charge is 0.496 e. The highest BCUT2D eigenvalue weighted by molar-refractivity contribution is 5.41. The van der Waals surface area contributed by atoms with Crippen molar-refractivity contribution in [1.29, 1.82) is 0 Å². The Labute approximate surface area is 129 Å². The Balaban J connectivity index is 2.06. The minimum atomic E-state index is 0.683. The van der Waals surface area contributed by atoms with E-state index in [1.165, 1.54) is 30.5 Å². The van der Waals surface area contributed by atoms with Crippen molar-refractivity contribution in [3.63, 3.8) is 0 Å². The van der Waals surface area contributed by atoms with Crippen molar-refractivity contribution < 1.29 is 4.74 Å². The van der Waals surface area contributed by atoms with E-state index in [1.807, 2.05) is 6.20 Å². The Morgan fingerprint density at radius 2 is 2.10 bits per heavy atom. The zero-order valence-corrected chi connectivity index (χ0v) is 14.2. The van der Waals surface area contributed by atoms with Crippen LogP contribution in [-0.2, 0) is 6.42 Å². The number of nitrogens with zero attached hydrogens (tertiary/aromatic N) is 1. The summed E-state index contributed by atoms with van der Waals surface area (Å²) in [5.41, 5.74) is 3.56. The number of nitrogens with one attached hydrogen (secondary N) is 1. The molecule has 0 bridgehead atoms. The molecule has 1 heterocycles. The number of methoxy groups -OCH3 is 1. The lowest BCUT2D eigenvalue weighted by Crippen LogP contribution is -2.33. The van der Waals surface area contributed by atoms with E-state index < -0.39 is 0 Å². The van der Waals surface area contributed by atoms with Crippen LogP contribution in [0, 0.1) is 25.7 Å². The number of ether oxygens (including phenoxy) is 1. The molecule has 1 fully saturated rings. The van der Waals surface area contributed by atoms with Gasteiger partial charge in [-0.1, -0.05) is 13.8 Å². The second-order valence-corrected chi connectivity index (χ2v) is 6.51. The first kappa shape index (κ1) is 16.3. The summed E-state index contributed by atoms with van der Waals surface area (Å²) in [6.07, 6.45) is 6.85. The molecule has 3 atom stereocenters. The van der Waals surface area contributed by atoms with Crippen molar-refractivity contribution >= 4 is 0 Å². The maximum Gasteiger partial charge on any atom is 0.128 e. The predicted octanol–water partition coefficient (Wildman–Crippen LogP) is 3.66. The van der Waals surface area contributed by atoms with Gasteiger partial charge in [0.2, 0.25) is 0 Å². The summed E-state index contributed by atoms with van der Waals surface area (Å²) >= 11 is 0. The quantitative estimate of drug-likeness (QED) is 0.868. The monoisotopic (exact) mass is 290 g/mol. The lowest BCUT2D eigenvalue weighted by molar-refractivity contribution is 0.348. The van der Waals surface area contributed by atoms with Crippen molar-refractivity contribution in [2.24, 2.45) is 11.8 Å². The maximum absolute atomic E-state index is 5.53. The van der Waals surface area contributed by atoms with Gasteiger partial charge >= 0.3 is 0 Å². The highest BCUT2D eigenvalue weighted by Gasteiger charge is 2.32. The minimum Gasteiger partial charge on any atom is -0.496 e. The third-order valence-corrected chi connectivity index (χ3v) is 5.09. The summed E-state index contributed by atoms with van der Waals surface area (Å²) in [6, 6.07) is 0.683. The summed E-state index contributed by atoms with van der Waals surface area (Å²) in [5.74, 6) is 2.47. The average Bonchev–Trinajstić information content (AvgIpc) is 2.81. The summed E-state index contributed by atoms with van der Waals surface area (Å²) < 4.78 is 5.53. The van der Waals surface area contributed by atoms with Crippen molar-refractivity contribution in [3.8, 4) is 5.75 Å². The van der Waals surface area contributed by atoms with E-state index in [1.54, 1.807) is 7.11 Å². The van der Waals surface area contributed by atoms with E-state index in [2.05, 4.69) is 38.0 Å². The molecular weight excluding hydrogens is 260 g/mol. The Bertz CT molecular complexity index is 473.